The molecule has 0 saturated carbocycles. The van der Waals surface area contributed by atoms with Crippen LogP contribution in [0.5, 0.6) is 17.2 Å². The fraction of sp³-hybridized carbons (Fsp3) is 0.179. The monoisotopic (exact) mass is 549 g/mol. The molecular weight excluding hydrogens is 522 g/mol. The highest BCUT2D eigenvalue weighted by Crippen LogP contribution is 2.32. The van der Waals surface area contributed by atoms with E-state index in [4.69, 9.17) is 14.2 Å². The van der Waals surface area contributed by atoms with Crippen LogP contribution in [-0.2, 0) is 4.79 Å². The lowest BCUT2D eigenvalue weighted by Gasteiger charge is -2.14. The van der Waals surface area contributed by atoms with Gasteiger partial charge in [0.2, 0.25) is 5.91 Å². The SMILES string of the molecule is COc1cccc(-c2csc(NC(=O)C(C)Sc3cccc(NC(=O)c4c(OC)cccc4OC)c3)n2)c1. The topological polar surface area (TPSA) is 98.8 Å². The van der Waals surface area contributed by atoms with Crippen molar-refractivity contribution in [2.24, 2.45) is 0 Å². The first-order valence-electron chi connectivity index (χ1n) is 11.6. The molecule has 8 nitrogen and oxygen atoms in total. The quantitative estimate of drug-likeness (QED) is 0.227. The molecule has 38 heavy (non-hydrogen) atoms. The van der Waals surface area contributed by atoms with Gasteiger partial charge in [-0.3, -0.25) is 9.59 Å². The van der Waals surface area contributed by atoms with Gasteiger partial charge < -0.3 is 24.8 Å². The van der Waals surface area contributed by atoms with Crippen LogP contribution in [0.4, 0.5) is 10.8 Å². The number of benzene rings is 3. The molecule has 1 aromatic heterocycles. The van der Waals surface area contributed by atoms with Gasteiger partial charge in [0, 0.05) is 21.5 Å². The molecule has 0 bridgehead atoms. The van der Waals surface area contributed by atoms with Crippen molar-refractivity contribution in [1.29, 1.82) is 0 Å². The van der Waals surface area contributed by atoms with Crippen molar-refractivity contribution >= 4 is 45.7 Å². The molecule has 2 N–H and O–H groups in total. The molecule has 0 aliphatic carbocycles. The highest BCUT2D eigenvalue weighted by molar-refractivity contribution is 8.00. The van der Waals surface area contributed by atoms with E-state index >= 15 is 0 Å². The number of nitrogens with one attached hydrogen (secondary N) is 2. The molecule has 10 heteroatoms. The average molecular weight is 550 g/mol. The minimum Gasteiger partial charge on any atom is -0.497 e. The van der Waals surface area contributed by atoms with Crippen molar-refractivity contribution < 1.29 is 23.8 Å². The zero-order valence-electron chi connectivity index (χ0n) is 21.3. The lowest BCUT2D eigenvalue weighted by Crippen LogP contribution is -2.22. The van der Waals surface area contributed by atoms with Crippen LogP contribution in [0.1, 0.15) is 17.3 Å². The van der Waals surface area contributed by atoms with Crippen LogP contribution in [-0.4, -0.2) is 43.4 Å². The Balaban J connectivity index is 1.40. The lowest BCUT2D eigenvalue weighted by atomic mass is 10.1. The predicted octanol–water partition coefficient (Wildman–Crippen LogP) is 6.21. The summed E-state index contributed by atoms with van der Waals surface area (Å²) in [6.45, 7) is 1.82. The second kappa shape index (κ2) is 12.5. The van der Waals surface area contributed by atoms with Crippen molar-refractivity contribution in [3.63, 3.8) is 0 Å². The number of anilines is 2. The molecule has 1 unspecified atom stereocenters. The number of thioether (sulfide) groups is 1. The minimum absolute atomic E-state index is 0.172. The van der Waals surface area contributed by atoms with Crippen molar-refractivity contribution in [2.45, 2.75) is 17.1 Å². The number of amides is 2. The molecule has 4 aromatic rings. The van der Waals surface area contributed by atoms with Gasteiger partial charge in [-0.1, -0.05) is 24.3 Å². The largest absolute Gasteiger partial charge is 0.497 e. The van der Waals surface area contributed by atoms with Gasteiger partial charge in [0.1, 0.15) is 22.8 Å². The number of methoxy groups -OCH3 is 3. The number of carbonyl (C=O) groups excluding carboxylic acids is 2. The van der Waals surface area contributed by atoms with E-state index in [1.807, 2.05) is 54.8 Å². The Morgan fingerprint density at radius 2 is 1.61 bits per heavy atom. The fourth-order valence-electron chi connectivity index (χ4n) is 3.63. The third-order valence-corrected chi connectivity index (χ3v) is 7.38. The van der Waals surface area contributed by atoms with Crippen molar-refractivity contribution in [2.75, 3.05) is 32.0 Å². The van der Waals surface area contributed by atoms with E-state index in [1.54, 1.807) is 31.4 Å². The second-order valence-corrected chi connectivity index (χ2v) is 10.3. The van der Waals surface area contributed by atoms with E-state index in [0.29, 0.717) is 27.9 Å². The predicted molar refractivity (Wildman–Crippen MR) is 152 cm³/mol. The highest BCUT2D eigenvalue weighted by atomic mass is 32.2. The van der Waals surface area contributed by atoms with Gasteiger partial charge in [-0.2, -0.15) is 0 Å². The normalized spacial score (nSPS) is 11.4. The fourth-order valence-corrected chi connectivity index (χ4v) is 5.28. The molecule has 1 heterocycles. The van der Waals surface area contributed by atoms with Crippen molar-refractivity contribution in [1.82, 2.24) is 4.98 Å². The first kappa shape index (κ1) is 27.0. The summed E-state index contributed by atoms with van der Waals surface area (Å²) < 4.78 is 15.9. The molecule has 2 amide bonds. The van der Waals surface area contributed by atoms with E-state index in [-0.39, 0.29) is 11.8 Å². The molecule has 0 saturated heterocycles. The van der Waals surface area contributed by atoms with Crippen molar-refractivity contribution in [3.05, 3.63) is 77.7 Å². The smallest absolute Gasteiger partial charge is 0.263 e. The van der Waals surface area contributed by atoms with Gasteiger partial charge in [-0.15, -0.1) is 23.1 Å². The third-order valence-electron chi connectivity index (χ3n) is 5.53. The van der Waals surface area contributed by atoms with Crippen LogP contribution in [0.2, 0.25) is 0 Å². The van der Waals surface area contributed by atoms with Gasteiger partial charge in [-0.05, 0) is 49.4 Å². The maximum atomic E-state index is 13.0. The standard InChI is InChI=1S/C28H27N3O5S2/c1-17(26(32)31-28-30-22(16-37-28)18-8-5-10-20(14-18)34-2)38-21-11-6-9-19(15-21)29-27(33)25-23(35-3)12-7-13-24(25)36-4/h5-17H,1-4H3,(H,29,33)(H,30,31,32). The Labute approximate surface area is 229 Å². The maximum absolute atomic E-state index is 13.0. The number of hydrogen-bond donors (Lipinski definition) is 2. The molecule has 196 valence electrons. The van der Waals surface area contributed by atoms with Gasteiger partial charge in [0.25, 0.3) is 5.91 Å². The molecule has 0 aliphatic heterocycles. The Hall–Kier alpha value is -4.02. The maximum Gasteiger partial charge on any atom is 0.263 e. The lowest BCUT2D eigenvalue weighted by molar-refractivity contribution is -0.115. The zero-order valence-corrected chi connectivity index (χ0v) is 22.9. The summed E-state index contributed by atoms with van der Waals surface area (Å²) in [5.41, 5.74) is 2.57. The molecule has 0 radical (unpaired) electrons. The van der Waals surface area contributed by atoms with Crippen LogP contribution in [0, 0.1) is 0 Å². The third kappa shape index (κ3) is 6.45. The molecule has 4 rings (SSSR count). The minimum atomic E-state index is -0.403. The van der Waals surface area contributed by atoms with Crippen molar-refractivity contribution in [3.8, 4) is 28.5 Å². The summed E-state index contributed by atoms with van der Waals surface area (Å²) in [5.74, 6) is 1.04. The Morgan fingerprint density at radius 3 is 2.32 bits per heavy atom. The van der Waals surface area contributed by atoms with Gasteiger partial charge in [-0.25, -0.2) is 4.98 Å². The second-order valence-electron chi connectivity index (χ2n) is 8.04. The number of carbonyl (C=O) groups is 2. The van der Waals surface area contributed by atoms with E-state index in [0.717, 1.165) is 21.9 Å². The highest BCUT2D eigenvalue weighted by Gasteiger charge is 2.20. The van der Waals surface area contributed by atoms with E-state index < -0.39 is 5.25 Å². The van der Waals surface area contributed by atoms with Crippen LogP contribution >= 0.6 is 23.1 Å². The number of ether oxygens (including phenoxy) is 3. The van der Waals surface area contributed by atoms with Crippen LogP contribution in [0.3, 0.4) is 0 Å². The van der Waals surface area contributed by atoms with E-state index in [9.17, 15) is 9.59 Å². The summed E-state index contributed by atoms with van der Waals surface area (Å²) in [6, 6.07) is 20.1. The van der Waals surface area contributed by atoms with Crippen LogP contribution in [0.25, 0.3) is 11.3 Å². The molecular formula is C28H27N3O5S2. The number of rotatable bonds is 10. The number of hydrogen-bond acceptors (Lipinski definition) is 8. The number of thiazole rings is 1. The first-order valence-corrected chi connectivity index (χ1v) is 13.4. The van der Waals surface area contributed by atoms with Crippen LogP contribution in [0.15, 0.2) is 77.0 Å². The summed E-state index contributed by atoms with van der Waals surface area (Å²) in [6.07, 6.45) is 0. The summed E-state index contributed by atoms with van der Waals surface area (Å²) >= 11 is 2.74. The zero-order chi connectivity index (χ0) is 27.1. The van der Waals surface area contributed by atoms with Gasteiger partial charge in [0.15, 0.2) is 5.13 Å². The van der Waals surface area contributed by atoms with Crippen LogP contribution < -0.4 is 24.8 Å². The van der Waals surface area contributed by atoms with Gasteiger partial charge in [0.05, 0.1) is 32.3 Å². The number of nitrogens with zero attached hydrogens (tertiary/aromatic N) is 1. The molecule has 3 aromatic carbocycles. The van der Waals surface area contributed by atoms with E-state index in [1.165, 1.54) is 37.3 Å². The Bertz CT molecular complexity index is 1420. The first-order chi connectivity index (χ1) is 18.4. The Morgan fingerprint density at radius 1 is 0.895 bits per heavy atom. The Kier molecular flexibility index (Phi) is 8.88. The molecule has 0 aliphatic rings. The summed E-state index contributed by atoms with van der Waals surface area (Å²) in [5, 5.41) is 7.79. The molecule has 1 atom stereocenters. The number of aromatic nitrogens is 1. The van der Waals surface area contributed by atoms with Gasteiger partial charge >= 0.3 is 0 Å². The molecule has 0 spiro atoms. The summed E-state index contributed by atoms with van der Waals surface area (Å²) in [4.78, 5) is 31.2. The summed E-state index contributed by atoms with van der Waals surface area (Å²) in [7, 11) is 4.62. The average Bonchev–Trinajstić information content (AvgIpc) is 3.41. The van der Waals surface area contributed by atoms with E-state index in [2.05, 4.69) is 15.6 Å². The molecule has 0 fully saturated rings.